The Morgan fingerprint density at radius 2 is 2.06 bits per heavy atom. The fourth-order valence-electron chi connectivity index (χ4n) is 2.62. The van der Waals surface area contributed by atoms with Crippen molar-refractivity contribution < 1.29 is 5.11 Å². The van der Waals surface area contributed by atoms with Crippen LogP contribution in [0.1, 0.15) is 49.2 Å². The highest BCUT2D eigenvalue weighted by atomic mass is 32.1. The van der Waals surface area contributed by atoms with Gasteiger partial charge in [0, 0.05) is 24.9 Å². The number of hydrogen-bond acceptors (Lipinski definition) is 4. The molecule has 0 atom stereocenters. The van der Waals surface area contributed by atoms with Gasteiger partial charge < -0.3 is 10.4 Å². The van der Waals surface area contributed by atoms with Crippen LogP contribution in [-0.4, -0.2) is 28.8 Å². The largest absolute Gasteiger partial charge is 0.389 e. The summed E-state index contributed by atoms with van der Waals surface area (Å²) in [5.74, 6) is 0. The molecule has 1 aromatic heterocycles. The molecule has 3 nitrogen and oxygen atoms in total. The maximum absolute atomic E-state index is 10.5. The number of hydrogen-bond donors (Lipinski definition) is 2. The first-order valence-corrected chi connectivity index (χ1v) is 7.90. The van der Waals surface area contributed by atoms with Gasteiger partial charge in [0.15, 0.2) is 0 Å². The molecule has 0 unspecified atom stereocenters. The SMILES string of the molecule is Cc1nc(CCNCC2(O)CCCCCC2)cs1. The van der Waals surface area contributed by atoms with Gasteiger partial charge in [0.1, 0.15) is 0 Å². The number of aryl methyl sites for hydroxylation is 1. The van der Waals surface area contributed by atoms with E-state index in [4.69, 9.17) is 0 Å². The van der Waals surface area contributed by atoms with Gasteiger partial charge in [-0.2, -0.15) is 0 Å². The molecule has 0 aliphatic heterocycles. The summed E-state index contributed by atoms with van der Waals surface area (Å²) in [5, 5.41) is 17.1. The Morgan fingerprint density at radius 1 is 1.33 bits per heavy atom. The van der Waals surface area contributed by atoms with Gasteiger partial charge in [0.25, 0.3) is 0 Å². The zero-order valence-corrected chi connectivity index (χ0v) is 12.1. The Kier molecular flexibility index (Phi) is 5.15. The highest BCUT2D eigenvalue weighted by molar-refractivity contribution is 7.09. The third kappa shape index (κ3) is 4.34. The van der Waals surface area contributed by atoms with Crippen molar-refractivity contribution in [2.24, 2.45) is 0 Å². The molecule has 0 saturated heterocycles. The summed E-state index contributed by atoms with van der Waals surface area (Å²) in [7, 11) is 0. The minimum atomic E-state index is -0.464. The van der Waals surface area contributed by atoms with Crippen molar-refractivity contribution >= 4 is 11.3 Å². The topological polar surface area (TPSA) is 45.2 Å². The molecule has 102 valence electrons. The predicted octanol–water partition coefficient (Wildman–Crippen LogP) is 2.67. The van der Waals surface area contributed by atoms with Crippen LogP contribution < -0.4 is 5.32 Å². The first-order chi connectivity index (χ1) is 8.68. The van der Waals surface area contributed by atoms with Gasteiger partial charge in [-0.1, -0.05) is 25.7 Å². The van der Waals surface area contributed by atoms with E-state index in [0.717, 1.165) is 43.1 Å². The van der Waals surface area contributed by atoms with Crippen LogP contribution in [0, 0.1) is 6.92 Å². The van der Waals surface area contributed by atoms with Crippen LogP contribution in [0.15, 0.2) is 5.38 Å². The van der Waals surface area contributed by atoms with Crippen LogP contribution in [-0.2, 0) is 6.42 Å². The fourth-order valence-corrected chi connectivity index (χ4v) is 3.27. The molecule has 18 heavy (non-hydrogen) atoms. The minimum Gasteiger partial charge on any atom is -0.389 e. The molecule has 1 saturated carbocycles. The van der Waals surface area contributed by atoms with Gasteiger partial charge in [-0.05, 0) is 19.8 Å². The van der Waals surface area contributed by atoms with E-state index in [-0.39, 0.29) is 0 Å². The summed E-state index contributed by atoms with van der Waals surface area (Å²) in [5.41, 5.74) is 0.701. The van der Waals surface area contributed by atoms with E-state index in [2.05, 4.69) is 15.7 Å². The Balaban J connectivity index is 1.67. The van der Waals surface area contributed by atoms with E-state index in [1.54, 1.807) is 11.3 Å². The zero-order chi connectivity index (χ0) is 12.8. The Labute approximate surface area is 114 Å². The smallest absolute Gasteiger partial charge is 0.0897 e. The molecule has 1 aromatic rings. The molecule has 1 heterocycles. The summed E-state index contributed by atoms with van der Waals surface area (Å²) in [6.07, 6.45) is 7.76. The highest BCUT2D eigenvalue weighted by Crippen LogP contribution is 2.26. The van der Waals surface area contributed by atoms with Crippen LogP contribution >= 0.6 is 11.3 Å². The molecule has 2 rings (SSSR count). The average Bonchev–Trinajstić information content (AvgIpc) is 2.63. The van der Waals surface area contributed by atoms with E-state index in [0.29, 0.717) is 0 Å². The number of aromatic nitrogens is 1. The predicted molar refractivity (Wildman–Crippen MR) is 76.1 cm³/mol. The monoisotopic (exact) mass is 268 g/mol. The van der Waals surface area contributed by atoms with Crippen molar-refractivity contribution in [1.82, 2.24) is 10.3 Å². The van der Waals surface area contributed by atoms with Gasteiger partial charge >= 0.3 is 0 Å². The van der Waals surface area contributed by atoms with Crippen molar-refractivity contribution in [2.45, 2.75) is 57.5 Å². The Hall–Kier alpha value is -0.450. The number of nitrogens with one attached hydrogen (secondary N) is 1. The Morgan fingerprint density at radius 3 is 2.67 bits per heavy atom. The molecule has 2 N–H and O–H groups in total. The average molecular weight is 268 g/mol. The second kappa shape index (κ2) is 6.64. The third-order valence-corrected chi connectivity index (χ3v) is 4.54. The summed E-state index contributed by atoms with van der Waals surface area (Å²) in [4.78, 5) is 4.44. The van der Waals surface area contributed by atoms with E-state index < -0.39 is 5.60 Å². The number of rotatable bonds is 5. The molecule has 1 aliphatic rings. The fraction of sp³-hybridized carbons (Fsp3) is 0.786. The lowest BCUT2D eigenvalue weighted by atomic mass is 9.94. The molecule has 1 aliphatic carbocycles. The second-order valence-electron chi connectivity index (χ2n) is 5.42. The number of nitrogens with zero attached hydrogens (tertiary/aromatic N) is 1. The zero-order valence-electron chi connectivity index (χ0n) is 11.2. The van der Waals surface area contributed by atoms with Gasteiger partial charge in [-0.3, -0.25) is 0 Å². The molecule has 0 amide bonds. The molecule has 1 fully saturated rings. The molecule has 0 radical (unpaired) electrons. The van der Waals surface area contributed by atoms with E-state index >= 15 is 0 Å². The number of aliphatic hydroxyl groups is 1. The van der Waals surface area contributed by atoms with Crippen LogP contribution in [0.25, 0.3) is 0 Å². The molecular formula is C14H24N2OS. The molecular weight excluding hydrogens is 244 g/mol. The Bertz CT molecular complexity index is 356. The van der Waals surface area contributed by atoms with Crippen molar-refractivity contribution in [3.63, 3.8) is 0 Å². The summed E-state index contributed by atoms with van der Waals surface area (Å²) < 4.78 is 0. The highest BCUT2D eigenvalue weighted by Gasteiger charge is 2.27. The van der Waals surface area contributed by atoms with E-state index in [1.807, 2.05) is 6.92 Å². The standard InChI is InChI=1S/C14H24N2OS/c1-12-16-13(10-18-12)6-9-15-11-14(17)7-4-2-3-5-8-14/h10,15,17H,2-9,11H2,1H3. The number of thiazole rings is 1. The van der Waals surface area contributed by atoms with E-state index in [1.165, 1.54) is 25.7 Å². The van der Waals surface area contributed by atoms with Crippen molar-refractivity contribution in [1.29, 1.82) is 0 Å². The summed E-state index contributed by atoms with van der Waals surface area (Å²) >= 11 is 1.70. The van der Waals surface area contributed by atoms with Gasteiger partial charge in [0.05, 0.1) is 16.3 Å². The molecule has 0 spiro atoms. The van der Waals surface area contributed by atoms with E-state index in [9.17, 15) is 5.11 Å². The third-order valence-electron chi connectivity index (χ3n) is 3.71. The van der Waals surface area contributed by atoms with Crippen molar-refractivity contribution in [3.8, 4) is 0 Å². The maximum Gasteiger partial charge on any atom is 0.0897 e. The van der Waals surface area contributed by atoms with Crippen molar-refractivity contribution in [2.75, 3.05) is 13.1 Å². The van der Waals surface area contributed by atoms with Crippen LogP contribution in [0.5, 0.6) is 0 Å². The normalized spacial score (nSPS) is 19.7. The summed E-state index contributed by atoms with van der Waals surface area (Å²) in [6, 6.07) is 0. The second-order valence-corrected chi connectivity index (χ2v) is 6.49. The molecule has 0 aromatic carbocycles. The molecule has 0 bridgehead atoms. The van der Waals surface area contributed by atoms with Crippen molar-refractivity contribution in [3.05, 3.63) is 16.1 Å². The van der Waals surface area contributed by atoms with Gasteiger partial charge in [-0.15, -0.1) is 11.3 Å². The molecule has 4 heteroatoms. The first kappa shape index (κ1) is 14.0. The minimum absolute atomic E-state index is 0.464. The lowest BCUT2D eigenvalue weighted by molar-refractivity contribution is 0.0256. The van der Waals surface area contributed by atoms with Crippen LogP contribution in [0.2, 0.25) is 0 Å². The van der Waals surface area contributed by atoms with Crippen LogP contribution in [0.3, 0.4) is 0 Å². The van der Waals surface area contributed by atoms with Gasteiger partial charge in [0.2, 0.25) is 0 Å². The quantitative estimate of drug-likeness (QED) is 0.637. The lowest BCUT2D eigenvalue weighted by Crippen LogP contribution is -2.40. The summed E-state index contributed by atoms with van der Waals surface area (Å²) in [6.45, 7) is 3.68. The lowest BCUT2D eigenvalue weighted by Gasteiger charge is -2.26. The first-order valence-electron chi connectivity index (χ1n) is 7.02. The maximum atomic E-state index is 10.5. The van der Waals surface area contributed by atoms with Crippen LogP contribution in [0.4, 0.5) is 0 Å². The van der Waals surface area contributed by atoms with Gasteiger partial charge in [-0.25, -0.2) is 4.98 Å².